The maximum Gasteiger partial charge on any atom is 0.243 e. The lowest BCUT2D eigenvalue weighted by Crippen LogP contribution is -2.42. The third kappa shape index (κ3) is 3.36. The van der Waals surface area contributed by atoms with Gasteiger partial charge in [-0.1, -0.05) is 17.7 Å². The molecule has 6 nitrogen and oxygen atoms in total. The number of halogens is 1. The first-order valence-corrected chi connectivity index (χ1v) is 9.31. The van der Waals surface area contributed by atoms with E-state index in [2.05, 4.69) is 28.3 Å². The number of hydrogen-bond acceptors (Lipinski definition) is 5. The summed E-state index contributed by atoms with van der Waals surface area (Å²) in [7, 11) is 3.23. The van der Waals surface area contributed by atoms with E-state index in [9.17, 15) is 4.79 Å². The van der Waals surface area contributed by atoms with Gasteiger partial charge in [0, 0.05) is 11.6 Å². The summed E-state index contributed by atoms with van der Waals surface area (Å²) < 4.78 is 10.5. The number of aryl methyl sites for hydroxylation is 1. The largest absolute Gasteiger partial charge is 0.497 e. The van der Waals surface area contributed by atoms with Gasteiger partial charge in [-0.2, -0.15) is 0 Å². The second kappa shape index (κ2) is 7.38. The van der Waals surface area contributed by atoms with Gasteiger partial charge < -0.3 is 14.8 Å². The summed E-state index contributed by atoms with van der Waals surface area (Å²) >= 11 is 6.15. The highest BCUT2D eigenvalue weighted by Gasteiger charge is 2.43. The maximum absolute atomic E-state index is 12.8. The Labute approximate surface area is 163 Å². The zero-order valence-electron chi connectivity index (χ0n) is 15.2. The Morgan fingerprint density at radius 1 is 1.15 bits per heavy atom. The topological polar surface area (TPSA) is 71.6 Å². The van der Waals surface area contributed by atoms with Crippen LogP contribution in [0.25, 0.3) is 0 Å². The highest BCUT2D eigenvalue weighted by Crippen LogP contribution is 2.40. The van der Waals surface area contributed by atoms with Gasteiger partial charge in [0.25, 0.3) is 0 Å². The molecule has 4 rings (SSSR count). The first-order valence-electron chi connectivity index (χ1n) is 8.93. The van der Waals surface area contributed by atoms with Gasteiger partial charge in [-0.05, 0) is 54.3 Å². The number of ether oxygens (including phenoxy) is 2. The molecule has 1 heterocycles. The fourth-order valence-electron chi connectivity index (χ4n) is 4.00. The van der Waals surface area contributed by atoms with Crippen molar-refractivity contribution >= 4 is 23.2 Å². The van der Waals surface area contributed by atoms with E-state index in [1.807, 2.05) is 6.07 Å². The lowest BCUT2D eigenvalue weighted by molar-refractivity contribution is -0.118. The monoisotopic (exact) mass is 387 g/mol. The van der Waals surface area contributed by atoms with Crippen LogP contribution in [-0.2, 0) is 11.2 Å². The molecule has 2 aliphatic rings. The summed E-state index contributed by atoms with van der Waals surface area (Å²) in [5.74, 6) is 1.55. The van der Waals surface area contributed by atoms with Crippen molar-refractivity contribution in [2.45, 2.75) is 24.9 Å². The summed E-state index contributed by atoms with van der Waals surface area (Å²) in [4.78, 5) is 12.8. The number of amides is 1. The molecule has 3 N–H and O–H groups in total. The Hall–Kier alpha value is -2.28. The number of rotatable bonds is 4. The van der Waals surface area contributed by atoms with Gasteiger partial charge in [0.2, 0.25) is 5.91 Å². The minimum Gasteiger partial charge on any atom is -0.497 e. The molecule has 3 atom stereocenters. The number of anilines is 1. The highest BCUT2D eigenvalue weighted by molar-refractivity contribution is 6.32. The van der Waals surface area contributed by atoms with Gasteiger partial charge in [-0.25, -0.2) is 10.9 Å². The van der Waals surface area contributed by atoms with Crippen LogP contribution in [0.2, 0.25) is 5.02 Å². The quantitative estimate of drug-likeness (QED) is 0.752. The van der Waals surface area contributed by atoms with Crippen LogP contribution < -0.4 is 25.6 Å². The molecule has 1 saturated heterocycles. The van der Waals surface area contributed by atoms with E-state index in [0.717, 1.165) is 18.6 Å². The lowest BCUT2D eigenvalue weighted by Gasteiger charge is -2.29. The predicted molar refractivity (Wildman–Crippen MR) is 104 cm³/mol. The molecule has 1 aliphatic carbocycles. The molecule has 0 saturated carbocycles. The van der Waals surface area contributed by atoms with Crippen molar-refractivity contribution < 1.29 is 14.3 Å². The van der Waals surface area contributed by atoms with Crippen LogP contribution >= 0.6 is 11.6 Å². The SMILES string of the molecule is COc1ccc2c(c1)CCC1C(C(=O)Nc3ccc(OC)c(Cl)c3)NNC21. The van der Waals surface area contributed by atoms with Crippen molar-refractivity contribution in [2.24, 2.45) is 5.92 Å². The minimum atomic E-state index is -0.314. The van der Waals surface area contributed by atoms with Gasteiger partial charge in [0.1, 0.15) is 17.5 Å². The maximum atomic E-state index is 12.8. The number of methoxy groups -OCH3 is 2. The molecule has 1 fully saturated rings. The molecule has 0 bridgehead atoms. The highest BCUT2D eigenvalue weighted by atomic mass is 35.5. The van der Waals surface area contributed by atoms with Crippen molar-refractivity contribution in [1.29, 1.82) is 0 Å². The van der Waals surface area contributed by atoms with E-state index in [-0.39, 0.29) is 23.9 Å². The molecule has 0 aromatic heterocycles. The third-order valence-electron chi connectivity index (χ3n) is 5.38. The first-order chi connectivity index (χ1) is 13.1. The Morgan fingerprint density at radius 2 is 2.00 bits per heavy atom. The van der Waals surface area contributed by atoms with Crippen molar-refractivity contribution in [3.63, 3.8) is 0 Å². The molecule has 1 aliphatic heterocycles. The van der Waals surface area contributed by atoms with Crippen LogP contribution in [0, 0.1) is 5.92 Å². The van der Waals surface area contributed by atoms with Gasteiger partial charge in [-0.15, -0.1) is 0 Å². The molecule has 3 unspecified atom stereocenters. The Bertz CT molecular complexity index is 874. The number of carbonyl (C=O) groups excluding carboxylic acids is 1. The molecule has 27 heavy (non-hydrogen) atoms. The van der Waals surface area contributed by atoms with Gasteiger partial charge >= 0.3 is 0 Å². The average Bonchev–Trinajstić information content (AvgIpc) is 3.12. The van der Waals surface area contributed by atoms with Crippen LogP contribution in [0.15, 0.2) is 36.4 Å². The number of hydrogen-bond donors (Lipinski definition) is 3. The minimum absolute atomic E-state index is 0.0757. The standard InChI is InChI=1S/C20H22ClN3O3/c1-26-13-5-7-14-11(9-13)3-6-15-18(14)23-24-19(15)20(25)22-12-4-8-17(27-2)16(21)10-12/h4-5,7-10,15,18-19,23-24H,3,6H2,1-2H3,(H,22,25). The Morgan fingerprint density at radius 3 is 2.74 bits per heavy atom. The molecule has 0 radical (unpaired) electrons. The van der Waals surface area contributed by atoms with E-state index in [4.69, 9.17) is 21.1 Å². The lowest BCUT2D eigenvalue weighted by atomic mass is 9.77. The summed E-state index contributed by atoms with van der Waals surface area (Å²) in [5.41, 5.74) is 9.62. The normalized spacial score (nSPS) is 23.3. The second-order valence-electron chi connectivity index (χ2n) is 6.85. The summed E-state index contributed by atoms with van der Waals surface area (Å²) in [6, 6.07) is 11.1. The van der Waals surface area contributed by atoms with Crippen molar-refractivity contribution in [3.05, 3.63) is 52.5 Å². The van der Waals surface area contributed by atoms with Gasteiger partial charge in [0.05, 0.1) is 25.3 Å². The Balaban J connectivity index is 1.49. The number of benzene rings is 2. The zero-order valence-corrected chi connectivity index (χ0v) is 16.0. The summed E-state index contributed by atoms with van der Waals surface area (Å²) in [6.07, 6.45) is 1.85. The van der Waals surface area contributed by atoms with Crippen molar-refractivity contribution in [3.8, 4) is 11.5 Å². The van der Waals surface area contributed by atoms with Crippen LogP contribution in [0.5, 0.6) is 11.5 Å². The predicted octanol–water partition coefficient (Wildman–Crippen LogP) is 3.08. The fraction of sp³-hybridized carbons (Fsp3) is 0.350. The number of carbonyl (C=O) groups is 1. The van der Waals surface area contributed by atoms with Crippen LogP contribution in [-0.4, -0.2) is 26.2 Å². The first kappa shape index (κ1) is 18.1. The van der Waals surface area contributed by atoms with Gasteiger partial charge in [0.15, 0.2) is 0 Å². The summed E-state index contributed by atoms with van der Waals surface area (Å²) in [5, 5.41) is 3.41. The Kier molecular flexibility index (Phi) is 4.95. The van der Waals surface area contributed by atoms with Gasteiger partial charge in [-0.3, -0.25) is 4.79 Å². The van der Waals surface area contributed by atoms with E-state index in [1.54, 1.807) is 32.4 Å². The number of nitrogens with one attached hydrogen (secondary N) is 3. The number of hydrazine groups is 1. The summed E-state index contributed by atoms with van der Waals surface area (Å²) in [6.45, 7) is 0. The van der Waals surface area contributed by atoms with E-state index < -0.39 is 0 Å². The van der Waals surface area contributed by atoms with E-state index in [0.29, 0.717) is 16.5 Å². The van der Waals surface area contributed by atoms with E-state index >= 15 is 0 Å². The molecule has 142 valence electrons. The van der Waals surface area contributed by atoms with Crippen molar-refractivity contribution in [2.75, 3.05) is 19.5 Å². The fourth-order valence-corrected chi connectivity index (χ4v) is 4.26. The zero-order chi connectivity index (χ0) is 19.0. The van der Waals surface area contributed by atoms with E-state index in [1.165, 1.54) is 11.1 Å². The second-order valence-corrected chi connectivity index (χ2v) is 7.26. The van der Waals surface area contributed by atoms with Crippen molar-refractivity contribution in [1.82, 2.24) is 10.9 Å². The molecule has 1 amide bonds. The molecule has 0 spiro atoms. The number of fused-ring (bicyclic) bond motifs is 3. The van der Waals surface area contributed by atoms with Crippen LogP contribution in [0.4, 0.5) is 5.69 Å². The third-order valence-corrected chi connectivity index (χ3v) is 5.68. The molecule has 2 aromatic rings. The van der Waals surface area contributed by atoms with Crippen LogP contribution in [0.3, 0.4) is 0 Å². The molecule has 7 heteroatoms. The molecular formula is C20H22ClN3O3. The molecule has 2 aromatic carbocycles. The average molecular weight is 388 g/mol. The molecular weight excluding hydrogens is 366 g/mol. The van der Waals surface area contributed by atoms with Crippen LogP contribution in [0.1, 0.15) is 23.6 Å². The smallest absolute Gasteiger partial charge is 0.243 e.